The Balaban J connectivity index is 1.61. The van der Waals surface area contributed by atoms with Crippen molar-refractivity contribution in [1.82, 2.24) is 5.32 Å². The summed E-state index contributed by atoms with van der Waals surface area (Å²) in [7, 11) is 0. The van der Waals surface area contributed by atoms with Gasteiger partial charge in [-0.1, -0.05) is 38.1 Å². The van der Waals surface area contributed by atoms with E-state index in [1.807, 2.05) is 12.1 Å². The van der Waals surface area contributed by atoms with E-state index in [1.54, 1.807) is 0 Å². The van der Waals surface area contributed by atoms with Gasteiger partial charge in [-0.2, -0.15) is 0 Å². The predicted molar refractivity (Wildman–Crippen MR) is 100 cm³/mol. The van der Waals surface area contributed by atoms with Crippen LogP contribution in [0.1, 0.15) is 30.9 Å². The van der Waals surface area contributed by atoms with Gasteiger partial charge >= 0.3 is 5.97 Å². The predicted octanol–water partition coefficient (Wildman–Crippen LogP) is 3.23. The first-order chi connectivity index (χ1) is 12.9. The third-order valence-electron chi connectivity index (χ3n) is 3.92. The molecular weight excluding hydrogens is 349 g/mol. The van der Waals surface area contributed by atoms with Gasteiger partial charge in [0.15, 0.2) is 13.2 Å². The molecule has 0 saturated heterocycles. The first kappa shape index (κ1) is 20.4. The van der Waals surface area contributed by atoms with E-state index in [4.69, 9.17) is 9.47 Å². The number of benzene rings is 2. The van der Waals surface area contributed by atoms with Gasteiger partial charge in [0.25, 0.3) is 5.91 Å². The number of halogens is 1. The van der Waals surface area contributed by atoms with E-state index in [0.717, 1.165) is 5.56 Å². The van der Waals surface area contributed by atoms with Gasteiger partial charge in [0.05, 0.1) is 0 Å². The van der Waals surface area contributed by atoms with Crippen LogP contribution in [0.15, 0.2) is 48.5 Å². The second-order valence-electron chi connectivity index (χ2n) is 6.40. The highest BCUT2D eigenvalue weighted by Crippen LogP contribution is 2.14. The molecule has 0 aliphatic heterocycles. The minimum absolute atomic E-state index is 0.346. The van der Waals surface area contributed by atoms with Crippen molar-refractivity contribution in [3.8, 4) is 5.75 Å². The van der Waals surface area contributed by atoms with Crippen LogP contribution in [0.5, 0.6) is 5.75 Å². The Morgan fingerprint density at radius 3 is 2.30 bits per heavy atom. The monoisotopic (exact) mass is 373 g/mol. The summed E-state index contributed by atoms with van der Waals surface area (Å²) in [5, 5.41) is 2.71. The third-order valence-corrected chi connectivity index (χ3v) is 3.92. The lowest BCUT2D eigenvalue weighted by Crippen LogP contribution is -2.31. The maximum absolute atomic E-state index is 12.8. The molecule has 2 rings (SSSR count). The van der Waals surface area contributed by atoms with Crippen LogP contribution in [0.4, 0.5) is 4.39 Å². The molecule has 0 atom stereocenters. The molecule has 0 spiro atoms. The zero-order valence-electron chi connectivity index (χ0n) is 15.5. The van der Waals surface area contributed by atoms with Crippen LogP contribution >= 0.6 is 0 Å². The van der Waals surface area contributed by atoms with E-state index in [9.17, 15) is 14.0 Å². The van der Waals surface area contributed by atoms with E-state index < -0.39 is 11.8 Å². The van der Waals surface area contributed by atoms with Crippen LogP contribution in [0.25, 0.3) is 0 Å². The van der Waals surface area contributed by atoms with Crippen LogP contribution in [0, 0.1) is 5.82 Å². The van der Waals surface area contributed by atoms with Gasteiger partial charge in [-0.15, -0.1) is 0 Å². The smallest absolute Gasteiger partial charge is 0.344 e. The van der Waals surface area contributed by atoms with E-state index in [2.05, 4.69) is 31.3 Å². The molecule has 1 N–H and O–H groups in total. The maximum atomic E-state index is 12.8. The summed E-state index contributed by atoms with van der Waals surface area (Å²) < 4.78 is 22.8. The van der Waals surface area contributed by atoms with Gasteiger partial charge in [-0.3, -0.25) is 4.79 Å². The average Bonchev–Trinajstić information content (AvgIpc) is 2.66. The standard InChI is InChI=1S/C21H24FNO4/c1-15(2)17-5-3-16(4-6-17)11-12-23-20(24)13-27-21(25)14-26-19-9-7-18(22)8-10-19/h3-10,15H,11-14H2,1-2H3,(H,23,24). The number of amides is 1. The number of carbonyl (C=O) groups is 2. The van der Waals surface area contributed by atoms with E-state index in [0.29, 0.717) is 24.6 Å². The van der Waals surface area contributed by atoms with Crippen LogP contribution in [-0.2, 0) is 20.7 Å². The first-order valence-electron chi connectivity index (χ1n) is 8.83. The van der Waals surface area contributed by atoms with Crippen LogP contribution in [-0.4, -0.2) is 31.6 Å². The van der Waals surface area contributed by atoms with Gasteiger partial charge in [-0.25, -0.2) is 9.18 Å². The number of ether oxygens (including phenoxy) is 2. The Bertz CT molecular complexity index is 742. The third kappa shape index (κ3) is 7.48. The number of carbonyl (C=O) groups excluding carboxylic acids is 2. The molecule has 0 aromatic heterocycles. The normalized spacial score (nSPS) is 10.5. The lowest BCUT2D eigenvalue weighted by atomic mass is 10.0. The van der Waals surface area contributed by atoms with Crippen molar-refractivity contribution in [3.63, 3.8) is 0 Å². The van der Waals surface area contributed by atoms with E-state index in [-0.39, 0.29) is 19.1 Å². The molecule has 0 heterocycles. The summed E-state index contributed by atoms with van der Waals surface area (Å²) in [5.41, 5.74) is 2.40. The largest absolute Gasteiger partial charge is 0.482 e. The molecule has 0 bridgehead atoms. The lowest BCUT2D eigenvalue weighted by molar-refractivity contribution is -0.150. The van der Waals surface area contributed by atoms with Gasteiger partial charge in [0.2, 0.25) is 0 Å². The number of hydrogen-bond donors (Lipinski definition) is 1. The molecular formula is C21H24FNO4. The highest BCUT2D eigenvalue weighted by molar-refractivity contribution is 5.80. The van der Waals surface area contributed by atoms with Crippen molar-refractivity contribution in [2.24, 2.45) is 0 Å². The van der Waals surface area contributed by atoms with Gasteiger partial charge < -0.3 is 14.8 Å². The van der Waals surface area contributed by atoms with Crippen molar-refractivity contribution in [3.05, 3.63) is 65.5 Å². The Morgan fingerprint density at radius 1 is 1.00 bits per heavy atom. The fourth-order valence-corrected chi connectivity index (χ4v) is 2.33. The topological polar surface area (TPSA) is 64.6 Å². The van der Waals surface area contributed by atoms with Crippen molar-refractivity contribution in [1.29, 1.82) is 0 Å². The number of hydrogen-bond acceptors (Lipinski definition) is 4. The van der Waals surface area contributed by atoms with Crippen LogP contribution in [0.3, 0.4) is 0 Å². The van der Waals surface area contributed by atoms with Crippen molar-refractivity contribution in [2.75, 3.05) is 19.8 Å². The Kier molecular flexibility index (Phi) is 7.79. The highest BCUT2D eigenvalue weighted by Gasteiger charge is 2.08. The van der Waals surface area contributed by atoms with Gasteiger partial charge in [-0.05, 0) is 47.7 Å². The molecule has 0 aliphatic rings. The summed E-state index contributed by atoms with van der Waals surface area (Å²) in [6, 6.07) is 13.5. The Labute approximate surface area is 158 Å². The van der Waals surface area contributed by atoms with Crippen LogP contribution in [0.2, 0.25) is 0 Å². The molecule has 0 fully saturated rings. The number of nitrogens with one attached hydrogen (secondary N) is 1. The minimum Gasteiger partial charge on any atom is -0.482 e. The molecule has 6 heteroatoms. The van der Waals surface area contributed by atoms with E-state index >= 15 is 0 Å². The average molecular weight is 373 g/mol. The molecule has 1 amide bonds. The molecule has 5 nitrogen and oxygen atoms in total. The summed E-state index contributed by atoms with van der Waals surface area (Å²) in [5.74, 6) is -0.595. The zero-order chi connectivity index (χ0) is 19.6. The van der Waals surface area contributed by atoms with Crippen molar-refractivity contribution < 1.29 is 23.5 Å². The minimum atomic E-state index is -0.668. The first-order valence-corrected chi connectivity index (χ1v) is 8.83. The van der Waals surface area contributed by atoms with Crippen molar-refractivity contribution >= 4 is 11.9 Å². The molecule has 0 unspecified atom stereocenters. The fourth-order valence-electron chi connectivity index (χ4n) is 2.33. The van der Waals surface area contributed by atoms with Gasteiger partial charge in [0.1, 0.15) is 11.6 Å². The summed E-state index contributed by atoms with van der Waals surface area (Å²) >= 11 is 0. The quantitative estimate of drug-likeness (QED) is 0.686. The SMILES string of the molecule is CC(C)c1ccc(CCNC(=O)COC(=O)COc2ccc(F)cc2)cc1. The second-order valence-corrected chi connectivity index (χ2v) is 6.40. The molecule has 27 heavy (non-hydrogen) atoms. The molecule has 0 radical (unpaired) electrons. The Morgan fingerprint density at radius 2 is 1.67 bits per heavy atom. The van der Waals surface area contributed by atoms with E-state index in [1.165, 1.54) is 29.8 Å². The number of esters is 1. The fraction of sp³-hybridized carbons (Fsp3) is 0.333. The van der Waals surface area contributed by atoms with Crippen LogP contribution < -0.4 is 10.1 Å². The molecule has 2 aromatic carbocycles. The van der Waals surface area contributed by atoms with Crippen molar-refractivity contribution in [2.45, 2.75) is 26.2 Å². The highest BCUT2D eigenvalue weighted by atomic mass is 19.1. The Hall–Kier alpha value is -2.89. The second kappa shape index (κ2) is 10.3. The molecule has 144 valence electrons. The molecule has 0 aliphatic carbocycles. The zero-order valence-corrected chi connectivity index (χ0v) is 15.5. The maximum Gasteiger partial charge on any atom is 0.344 e. The summed E-state index contributed by atoms with van der Waals surface area (Å²) in [6.45, 7) is 4.03. The lowest BCUT2D eigenvalue weighted by Gasteiger charge is -2.09. The van der Waals surface area contributed by atoms with Gasteiger partial charge in [0, 0.05) is 6.54 Å². The summed E-state index contributed by atoms with van der Waals surface area (Å²) in [4.78, 5) is 23.3. The number of rotatable bonds is 9. The molecule has 2 aromatic rings. The molecule has 0 saturated carbocycles. The summed E-state index contributed by atoms with van der Waals surface area (Å²) in [6.07, 6.45) is 0.700.